The Morgan fingerprint density at radius 2 is 1.67 bits per heavy atom. The van der Waals surface area contributed by atoms with E-state index in [1.54, 1.807) is 18.9 Å². The molecular formula is C17H22N2OS. The van der Waals surface area contributed by atoms with Crippen LogP contribution in [0.2, 0.25) is 0 Å². The zero-order valence-electron chi connectivity index (χ0n) is 12.5. The van der Waals surface area contributed by atoms with Crippen LogP contribution in [0, 0.1) is 0 Å². The summed E-state index contributed by atoms with van der Waals surface area (Å²) < 4.78 is 5.15. The Labute approximate surface area is 130 Å². The molecule has 0 radical (unpaired) electrons. The van der Waals surface area contributed by atoms with E-state index in [1.165, 1.54) is 11.1 Å². The molecular weight excluding hydrogens is 280 g/mol. The molecule has 3 nitrogen and oxygen atoms in total. The lowest BCUT2D eigenvalue weighted by molar-refractivity contribution is 0.414. The molecule has 2 aromatic carbocycles. The Balaban J connectivity index is 1.81. The molecule has 0 saturated carbocycles. The number of aryl methyl sites for hydroxylation is 1. The monoisotopic (exact) mass is 302 g/mol. The van der Waals surface area contributed by atoms with Crippen LogP contribution in [-0.4, -0.2) is 12.6 Å². The first kappa shape index (κ1) is 15.7. The van der Waals surface area contributed by atoms with E-state index in [0.29, 0.717) is 0 Å². The molecule has 0 bridgehead atoms. The van der Waals surface area contributed by atoms with Crippen molar-refractivity contribution in [2.24, 2.45) is 5.73 Å². The fourth-order valence-corrected chi connectivity index (χ4v) is 2.73. The zero-order valence-corrected chi connectivity index (χ0v) is 13.3. The first-order chi connectivity index (χ1) is 10.2. The van der Waals surface area contributed by atoms with Crippen molar-refractivity contribution in [3.05, 3.63) is 59.7 Å². The van der Waals surface area contributed by atoms with Gasteiger partial charge in [0.05, 0.1) is 7.11 Å². The van der Waals surface area contributed by atoms with Crippen molar-refractivity contribution >= 4 is 17.4 Å². The van der Waals surface area contributed by atoms with Crippen molar-refractivity contribution in [3.8, 4) is 5.75 Å². The summed E-state index contributed by atoms with van der Waals surface area (Å²) >= 11 is 1.67. The van der Waals surface area contributed by atoms with Gasteiger partial charge in [0.25, 0.3) is 0 Å². The Bertz CT molecular complexity index is 540. The number of hydrogen-bond donors (Lipinski definition) is 2. The normalized spacial score (nSPS) is 12.0. The lowest BCUT2D eigenvalue weighted by atomic mass is 10.1. The maximum Gasteiger partial charge on any atom is 0.123 e. The number of benzene rings is 2. The molecule has 0 fully saturated rings. The predicted molar refractivity (Wildman–Crippen MR) is 91.7 cm³/mol. The van der Waals surface area contributed by atoms with Crippen molar-refractivity contribution in [2.45, 2.75) is 24.6 Å². The van der Waals surface area contributed by atoms with Crippen LogP contribution < -0.4 is 15.8 Å². The van der Waals surface area contributed by atoms with Gasteiger partial charge in [-0.05, 0) is 41.8 Å². The van der Waals surface area contributed by atoms with E-state index in [2.05, 4.69) is 48.6 Å². The average Bonchev–Trinajstić information content (AvgIpc) is 2.54. The van der Waals surface area contributed by atoms with Crippen molar-refractivity contribution in [1.82, 2.24) is 0 Å². The standard InChI is InChI=1S/C17H22N2OS/c1-3-13-4-8-15(9-5-13)19-17(18)21-12-14-6-10-16(20-2)11-7-14/h4-11,17,19H,3,12,18H2,1-2H3. The van der Waals surface area contributed by atoms with Crippen LogP contribution in [0.4, 0.5) is 5.69 Å². The van der Waals surface area contributed by atoms with Gasteiger partial charge in [-0.2, -0.15) is 0 Å². The molecule has 21 heavy (non-hydrogen) atoms. The van der Waals surface area contributed by atoms with Crippen LogP contribution in [0.1, 0.15) is 18.1 Å². The minimum Gasteiger partial charge on any atom is -0.497 e. The summed E-state index contributed by atoms with van der Waals surface area (Å²) in [6.45, 7) is 2.15. The molecule has 0 heterocycles. The van der Waals surface area contributed by atoms with Crippen LogP contribution in [-0.2, 0) is 12.2 Å². The van der Waals surface area contributed by atoms with Crippen LogP contribution in [0.15, 0.2) is 48.5 Å². The molecule has 0 amide bonds. The third-order valence-corrected chi connectivity index (χ3v) is 4.24. The topological polar surface area (TPSA) is 47.3 Å². The maximum absolute atomic E-state index is 6.11. The smallest absolute Gasteiger partial charge is 0.123 e. The van der Waals surface area contributed by atoms with Gasteiger partial charge in [-0.1, -0.05) is 31.2 Å². The molecule has 1 unspecified atom stereocenters. The van der Waals surface area contributed by atoms with E-state index < -0.39 is 0 Å². The lowest BCUT2D eigenvalue weighted by Gasteiger charge is -2.15. The molecule has 0 aromatic heterocycles. The van der Waals surface area contributed by atoms with Crippen LogP contribution in [0.3, 0.4) is 0 Å². The highest BCUT2D eigenvalue weighted by Gasteiger charge is 2.04. The number of ether oxygens (including phenoxy) is 1. The second-order valence-corrected chi connectivity index (χ2v) is 5.90. The first-order valence-electron chi connectivity index (χ1n) is 7.07. The Hall–Kier alpha value is -1.65. The first-order valence-corrected chi connectivity index (χ1v) is 8.11. The van der Waals surface area contributed by atoms with Crippen LogP contribution >= 0.6 is 11.8 Å². The highest BCUT2D eigenvalue weighted by molar-refractivity contribution is 7.99. The summed E-state index contributed by atoms with van der Waals surface area (Å²) in [5.74, 6) is 1.74. The fourth-order valence-electron chi connectivity index (χ4n) is 1.95. The predicted octanol–water partition coefficient (Wildman–Crippen LogP) is 3.85. The Kier molecular flexibility index (Phi) is 5.96. The number of nitrogens with one attached hydrogen (secondary N) is 1. The molecule has 1 atom stereocenters. The molecule has 3 N–H and O–H groups in total. The third kappa shape index (κ3) is 4.99. The summed E-state index contributed by atoms with van der Waals surface area (Å²) in [7, 11) is 1.67. The van der Waals surface area contributed by atoms with E-state index in [9.17, 15) is 0 Å². The molecule has 2 rings (SSSR count). The van der Waals surface area contributed by atoms with Gasteiger partial charge >= 0.3 is 0 Å². The molecule has 0 aliphatic rings. The third-order valence-electron chi connectivity index (χ3n) is 3.26. The maximum atomic E-state index is 6.11. The van der Waals surface area contributed by atoms with Gasteiger partial charge in [0.1, 0.15) is 11.2 Å². The lowest BCUT2D eigenvalue weighted by Crippen LogP contribution is -2.25. The van der Waals surface area contributed by atoms with E-state index in [1.807, 2.05) is 12.1 Å². The summed E-state index contributed by atoms with van der Waals surface area (Å²) in [6.07, 6.45) is 1.05. The van der Waals surface area contributed by atoms with Crippen molar-refractivity contribution < 1.29 is 4.74 Å². The zero-order chi connectivity index (χ0) is 15.1. The van der Waals surface area contributed by atoms with E-state index in [4.69, 9.17) is 10.5 Å². The molecule has 0 aliphatic carbocycles. The number of hydrogen-bond acceptors (Lipinski definition) is 4. The molecule has 4 heteroatoms. The second kappa shape index (κ2) is 7.96. The van der Waals surface area contributed by atoms with Crippen molar-refractivity contribution in [3.63, 3.8) is 0 Å². The summed E-state index contributed by atoms with van der Waals surface area (Å²) in [4.78, 5) is 0. The minimum atomic E-state index is -0.125. The largest absolute Gasteiger partial charge is 0.497 e. The van der Waals surface area contributed by atoms with Crippen LogP contribution in [0.25, 0.3) is 0 Å². The van der Waals surface area contributed by atoms with E-state index in [0.717, 1.165) is 23.6 Å². The number of anilines is 1. The van der Waals surface area contributed by atoms with E-state index >= 15 is 0 Å². The van der Waals surface area contributed by atoms with Gasteiger partial charge in [0.15, 0.2) is 0 Å². The number of rotatable bonds is 7. The van der Waals surface area contributed by atoms with Crippen molar-refractivity contribution in [2.75, 3.05) is 12.4 Å². The van der Waals surface area contributed by atoms with Crippen LogP contribution in [0.5, 0.6) is 5.75 Å². The van der Waals surface area contributed by atoms with Gasteiger partial charge in [-0.15, -0.1) is 11.8 Å². The SMILES string of the molecule is CCc1ccc(NC(N)SCc2ccc(OC)cc2)cc1. The Morgan fingerprint density at radius 1 is 1.05 bits per heavy atom. The molecule has 0 aliphatic heterocycles. The van der Waals surface area contributed by atoms with Gasteiger partial charge in [-0.3, -0.25) is 0 Å². The number of thioether (sulfide) groups is 1. The Morgan fingerprint density at radius 3 is 2.24 bits per heavy atom. The summed E-state index contributed by atoms with van der Waals surface area (Å²) in [6, 6.07) is 16.5. The highest BCUT2D eigenvalue weighted by atomic mass is 32.2. The van der Waals surface area contributed by atoms with Gasteiger partial charge in [0.2, 0.25) is 0 Å². The van der Waals surface area contributed by atoms with Crippen molar-refractivity contribution in [1.29, 1.82) is 0 Å². The second-order valence-electron chi connectivity index (χ2n) is 4.77. The molecule has 2 aromatic rings. The summed E-state index contributed by atoms with van der Waals surface area (Å²) in [5, 5.41) is 3.30. The number of methoxy groups -OCH3 is 1. The molecule has 112 valence electrons. The highest BCUT2D eigenvalue weighted by Crippen LogP contribution is 2.20. The van der Waals surface area contributed by atoms with Gasteiger partial charge < -0.3 is 15.8 Å². The van der Waals surface area contributed by atoms with E-state index in [-0.39, 0.29) is 5.50 Å². The fraction of sp³-hybridized carbons (Fsp3) is 0.294. The molecule has 0 saturated heterocycles. The molecule has 0 spiro atoms. The average molecular weight is 302 g/mol. The minimum absolute atomic E-state index is 0.125. The van der Waals surface area contributed by atoms with Gasteiger partial charge in [-0.25, -0.2) is 0 Å². The summed E-state index contributed by atoms with van der Waals surface area (Å²) in [5.41, 5.74) is 9.61. The quantitative estimate of drug-likeness (QED) is 0.763. The number of nitrogens with two attached hydrogens (primary N) is 1. The van der Waals surface area contributed by atoms with Gasteiger partial charge in [0, 0.05) is 11.4 Å².